The van der Waals surface area contributed by atoms with Gasteiger partial charge in [-0.1, -0.05) is 0 Å². The largest absolute Gasteiger partial charge is 0.497 e. The monoisotopic (exact) mass is 284 g/mol. The summed E-state index contributed by atoms with van der Waals surface area (Å²) in [6.07, 6.45) is 0. The first-order chi connectivity index (χ1) is 8.76. The lowest BCUT2D eigenvalue weighted by atomic mass is 10.1. The second kappa shape index (κ2) is 6.25. The molecule has 19 heavy (non-hydrogen) atoms. The SMILES string of the molecule is COc1cc(C)nc(CSC(C)(C)[C@H](N)C(=O)O)c1. The van der Waals surface area contributed by atoms with Crippen molar-refractivity contribution in [1.29, 1.82) is 0 Å². The normalized spacial score (nSPS) is 13.1. The van der Waals surface area contributed by atoms with E-state index in [-0.39, 0.29) is 0 Å². The van der Waals surface area contributed by atoms with Gasteiger partial charge in [-0.05, 0) is 20.8 Å². The van der Waals surface area contributed by atoms with Crippen LogP contribution in [-0.4, -0.2) is 34.0 Å². The number of aliphatic carboxylic acids is 1. The van der Waals surface area contributed by atoms with Crippen molar-refractivity contribution >= 4 is 17.7 Å². The van der Waals surface area contributed by atoms with E-state index in [9.17, 15) is 4.79 Å². The number of nitrogens with zero attached hydrogens (tertiary/aromatic N) is 1. The molecule has 0 aromatic carbocycles. The highest BCUT2D eigenvalue weighted by molar-refractivity contribution is 7.99. The first-order valence-corrected chi connectivity index (χ1v) is 6.88. The van der Waals surface area contributed by atoms with Gasteiger partial charge < -0.3 is 15.6 Å². The maximum absolute atomic E-state index is 10.9. The molecule has 1 aromatic heterocycles. The molecular weight excluding hydrogens is 264 g/mol. The fourth-order valence-electron chi connectivity index (χ4n) is 1.54. The third-order valence-electron chi connectivity index (χ3n) is 2.82. The standard InChI is InChI=1S/C13H20N2O3S/c1-8-5-10(18-4)6-9(15-8)7-19-13(2,3)11(14)12(16)17/h5-6,11H,7,14H2,1-4H3,(H,16,17)/t11-/m1/s1. The van der Waals surface area contributed by atoms with Crippen LogP contribution < -0.4 is 10.5 Å². The Bertz CT molecular complexity index is 463. The van der Waals surface area contributed by atoms with Crippen LogP contribution in [0, 0.1) is 6.92 Å². The van der Waals surface area contributed by atoms with E-state index < -0.39 is 16.8 Å². The Morgan fingerprint density at radius 1 is 1.58 bits per heavy atom. The predicted octanol–water partition coefficient (Wildman–Crippen LogP) is 1.82. The van der Waals surface area contributed by atoms with Crippen molar-refractivity contribution in [2.45, 2.75) is 37.3 Å². The number of nitrogens with two attached hydrogens (primary N) is 1. The molecule has 0 radical (unpaired) electrons. The van der Waals surface area contributed by atoms with Crippen molar-refractivity contribution < 1.29 is 14.6 Å². The lowest BCUT2D eigenvalue weighted by molar-refractivity contribution is -0.139. The molecule has 0 amide bonds. The molecule has 6 heteroatoms. The van der Waals surface area contributed by atoms with Crippen LogP contribution in [0.25, 0.3) is 0 Å². The lowest BCUT2D eigenvalue weighted by Crippen LogP contribution is -2.46. The molecule has 106 valence electrons. The van der Waals surface area contributed by atoms with Gasteiger partial charge in [0.2, 0.25) is 0 Å². The van der Waals surface area contributed by atoms with Crippen LogP contribution in [0.2, 0.25) is 0 Å². The summed E-state index contributed by atoms with van der Waals surface area (Å²) in [4.78, 5) is 15.3. The van der Waals surface area contributed by atoms with Crippen LogP contribution in [-0.2, 0) is 10.5 Å². The molecule has 0 bridgehead atoms. The molecule has 0 saturated carbocycles. The van der Waals surface area contributed by atoms with E-state index in [2.05, 4.69) is 4.98 Å². The average molecular weight is 284 g/mol. The Morgan fingerprint density at radius 3 is 2.74 bits per heavy atom. The summed E-state index contributed by atoms with van der Waals surface area (Å²) in [5.74, 6) is 0.349. The van der Waals surface area contributed by atoms with E-state index in [0.29, 0.717) is 5.75 Å². The average Bonchev–Trinajstić information content (AvgIpc) is 2.34. The Kier molecular flexibility index (Phi) is 5.20. The minimum atomic E-state index is -0.993. The highest BCUT2D eigenvalue weighted by Gasteiger charge is 2.32. The van der Waals surface area contributed by atoms with E-state index in [1.165, 1.54) is 11.8 Å². The number of methoxy groups -OCH3 is 1. The topological polar surface area (TPSA) is 85.4 Å². The Morgan fingerprint density at radius 2 is 2.21 bits per heavy atom. The zero-order valence-electron chi connectivity index (χ0n) is 11.6. The van der Waals surface area contributed by atoms with Crippen molar-refractivity contribution in [3.63, 3.8) is 0 Å². The number of hydrogen-bond donors (Lipinski definition) is 2. The van der Waals surface area contributed by atoms with Crippen LogP contribution in [0.15, 0.2) is 12.1 Å². The van der Waals surface area contributed by atoms with Crippen LogP contribution >= 0.6 is 11.8 Å². The maximum Gasteiger partial charge on any atom is 0.321 e. The number of rotatable bonds is 6. The number of carboxylic acid groups (broad SMARTS) is 1. The fraction of sp³-hybridized carbons (Fsp3) is 0.538. The lowest BCUT2D eigenvalue weighted by Gasteiger charge is -2.27. The number of thioether (sulfide) groups is 1. The number of ether oxygens (including phenoxy) is 1. The molecule has 3 N–H and O–H groups in total. The molecule has 1 atom stereocenters. The van der Waals surface area contributed by atoms with Crippen molar-refractivity contribution in [1.82, 2.24) is 4.98 Å². The molecule has 0 fully saturated rings. The van der Waals surface area contributed by atoms with E-state index >= 15 is 0 Å². The molecule has 1 aromatic rings. The van der Waals surface area contributed by atoms with Crippen molar-refractivity contribution in [2.24, 2.45) is 5.73 Å². The van der Waals surface area contributed by atoms with Crippen LogP contribution in [0.5, 0.6) is 5.75 Å². The molecule has 0 saturated heterocycles. The van der Waals surface area contributed by atoms with Crippen molar-refractivity contribution in [3.8, 4) is 5.75 Å². The quantitative estimate of drug-likeness (QED) is 0.829. The molecule has 0 spiro atoms. The second-order valence-corrected chi connectivity index (χ2v) is 6.48. The van der Waals surface area contributed by atoms with E-state index in [1.807, 2.05) is 32.9 Å². The zero-order chi connectivity index (χ0) is 14.6. The van der Waals surface area contributed by atoms with Gasteiger partial charge in [0.25, 0.3) is 0 Å². The maximum atomic E-state index is 10.9. The Balaban J connectivity index is 2.76. The van der Waals surface area contributed by atoms with E-state index in [1.54, 1.807) is 7.11 Å². The van der Waals surface area contributed by atoms with Gasteiger partial charge in [-0.15, -0.1) is 11.8 Å². The third kappa shape index (κ3) is 4.40. The second-order valence-electron chi connectivity index (χ2n) is 4.85. The van der Waals surface area contributed by atoms with Gasteiger partial charge in [0.1, 0.15) is 11.8 Å². The van der Waals surface area contributed by atoms with Gasteiger partial charge in [-0.3, -0.25) is 9.78 Å². The summed E-state index contributed by atoms with van der Waals surface area (Å²) < 4.78 is 4.62. The molecule has 0 aliphatic rings. The highest BCUT2D eigenvalue weighted by atomic mass is 32.2. The summed E-state index contributed by atoms with van der Waals surface area (Å²) in [7, 11) is 1.61. The minimum Gasteiger partial charge on any atom is -0.497 e. The summed E-state index contributed by atoms with van der Waals surface area (Å²) in [5.41, 5.74) is 7.40. The van der Waals surface area contributed by atoms with Crippen molar-refractivity contribution in [2.75, 3.05) is 7.11 Å². The first kappa shape index (κ1) is 15.8. The molecule has 0 aliphatic heterocycles. The van der Waals surface area contributed by atoms with Gasteiger partial charge in [-0.25, -0.2) is 0 Å². The van der Waals surface area contributed by atoms with Crippen LogP contribution in [0.1, 0.15) is 25.2 Å². The molecule has 1 rings (SSSR count). The highest BCUT2D eigenvalue weighted by Crippen LogP contribution is 2.31. The van der Waals surface area contributed by atoms with Gasteiger partial charge in [0.15, 0.2) is 0 Å². The summed E-state index contributed by atoms with van der Waals surface area (Å²) >= 11 is 1.47. The molecular formula is C13H20N2O3S. The minimum absolute atomic E-state index is 0.565. The zero-order valence-corrected chi connectivity index (χ0v) is 12.5. The fourth-order valence-corrected chi connectivity index (χ4v) is 2.49. The van der Waals surface area contributed by atoms with Gasteiger partial charge in [-0.2, -0.15) is 0 Å². The molecule has 5 nitrogen and oxygen atoms in total. The van der Waals surface area contributed by atoms with Crippen LogP contribution in [0.4, 0.5) is 0 Å². The Labute approximate surface area is 117 Å². The van der Waals surface area contributed by atoms with Gasteiger partial charge in [0.05, 0.1) is 12.8 Å². The first-order valence-electron chi connectivity index (χ1n) is 5.90. The Hall–Kier alpha value is -1.27. The summed E-state index contributed by atoms with van der Waals surface area (Å²) in [6, 6.07) is 2.79. The number of carbonyl (C=O) groups is 1. The van der Waals surface area contributed by atoms with Crippen molar-refractivity contribution in [3.05, 3.63) is 23.5 Å². The van der Waals surface area contributed by atoms with Gasteiger partial charge >= 0.3 is 5.97 Å². The third-order valence-corrected chi connectivity index (χ3v) is 4.26. The van der Waals surface area contributed by atoms with E-state index in [4.69, 9.17) is 15.6 Å². The predicted molar refractivity (Wildman–Crippen MR) is 76.5 cm³/mol. The molecule has 1 heterocycles. The number of hydrogen-bond acceptors (Lipinski definition) is 5. The number of pyridine rings is 1. The number of aryl methyl sites for hydroxylation is 1. The molecule has 0 unspecified atom stereocenters. The summed E-state index contributed by atoms with van der Waals surface area (Å²) in [6.45, 7) is 5.54. The number of aromatic nitrogens is 1. The van der Waals surface area contributed by atoms with Gasteiger partial charge in [0, 0.05) is 28.3 Å². The smallest absolute Gasteiger partial charge is 0.321 e. The molecule has 0 aliphatic carbocycles. The van der Waals surface area contributed by atoms with E-state index in [0.717, 1.165) is 17.1 Å². The summed E-state index contributed by atoms with van der Waals surface area (Å²) in [5, 5.41) is 8.97. The van der Waals surface area contributed by atoms with Crippen LogP contribution in [0.3, 0.4) is 0 Å². The number of carboxylic acids is 1.